The van der Waals surface area contributed by atoms with Crippen LogP contribution in [0.5, 0.6) is 0 Å². The molecule has 5 aliphatic rings. The minimum absolute atomic E-state index is 0.0255. The maximum absolute atomic E-state index is 13.1. The van der Waals surface area contributed by atoms with E-state index in [0.717, 1.165) is 57.8 Å². The van der Waals surface area contributed by atoms with Gasteiger partial charge in [0.05, 0.1) is 17.4 Å². The van der Waals surface area contributed by atoms with Crippen LogP contribution in [0.4, 0.5) is 0 Å². The quantitative estimate of drug-likeness (QED) is 0.174. The highest BCUT2D eigenvalue weighted by Crippen LogP contribution is 2.77. The molecule has 0 spiro atoms. The summed E-state index contributed by atoms with van der Waals surface area (Å²) in [6.07, 6.45) is 11.8. The fourth-order valence-electron chi connectivity index (χ4n) is 13.1. The number of aromatic carboxylic acids is 1. The van der Waals surface area contributed by atoms with Gasteiger partial charge in [-0.05, 0) is 143 Å². The average Bonchev–Trinajstić information content (AvgIpc) is 3.42. The zero-order chi connectivity index (χ0) is 36.7. The first kappa shape index (κ1) is 36.6. The zero-order valence-electron chi connectivity index (χ0n) is 31.7. The Bertz CT molecular complexity index is 1650. The van der Waals surface area contributed by atoms with Crippen LogP contribution in [0, 0.1) is 73.9 Å². The van der Waals surface area contributed by atoms with Crippen LogP contribution in [-0.4, -0.2) is 39.2 Å². The number of nitrogens with zero attached hydrogens (tertiary/aromatic N) is 1. The number of fused-ring (bicyclic) bond motifs is 7. The molecule has 1 aromatic heterocycles. The molecule has 5 saturated carbocycles. The summed E-state index contributed by atoms with van der Waals surface area (Å²) in [6.45, 7) is 22.2. The van der Waals surface area contributed by atoms with Gasteiger partial charge in [-0.1, -0.05) is 58.6 Å². The second kappa shape index (κ2) is 12.2. The number of carboxylic acids is 2. The van der Waals surface area contributed by atoms with Crippen molar-refractivity contribution in [3.8, 4) is 11.8 Å². The lowest BCUT2D eigenvalue weighted by atomic mass is 9.32. The lowest BCUT2D eigenvalue weighted by Gasteiger charge is -2.72. The molecule has 1 aromatic rings. The number of aromatic nitrogens is 1. The zero-order valence-corrected chi connectivity index (χ0v) is 31.7. The van der Waals surface area contributed by atoms with E-state index < -0.39 is 23.3 Å². The lowest BCUT2D eigenvalue weighted by molar-refractivity contribution is -0.247. The first-order valence-electron chi connectivity index (χ1n) is 19.0. The van der Waals surface area contributed by atoms with Crippen LogP contribution in [0.2, 0.25) is 0 Å². The molecule has 6 rings (SSSR count). The van der Waals surface area contributed by atoms with Gasteiger partial charge in [0.25, 0.3) is 0 Å². The molecule has 0 bridgehead atoms. The Balaban J connectivity index is 1.29. The van der Waals surface area contributed by atoms with E-state index >= 15 is 0 Å². The Morgan fingerprint density at radius 2 is 1.66 bits per heavy atom. The number of esters is 1. The highest BCUT2D eigenvalue weighted by atomic mass is 16.5. The minimum Gasteiger partial charge on any atom is -0.481 e. The fourth-order valence-corrected chi connectivity index (χ4v) is 13.1. The number of rotatable bonds is 6. The Labute approximate surface area is 299 Å². The molecule has 1 heterocycles. The highest BCUT2D eigenvalue weighted by Gasteiger charge is 2.71. The van der Waals surface area contributed by atoms with Gasteiger partial charge in [-0.25, -0.2) is 9.78 Å². The van der Waals surface area contributed by atoms with Gasteiger partial charge >= 0.3 is 17.9 Å². The van der Waals surface area contributed by atoms with E-state index in [0.29, 0.717) is 35.2 Å². The number of carbonyl (C=O) groups is 3. The largest absolute Gasteiger partial charge is 0.481 e. The molecule has 272 valence electrons. The van der Waals surface area contributed by atoms with Crippen LogP contribution in [0.25, 0.3) is 0 Å². The third-order valence-corrected chi connectivity index (χ3v) is 15.9. The monoisotopic (exact) mass is 685 g/mol. The third-order valence-electron chi connectivity index (χ3n) is 15.9. The van der Waals surface area contributed by atoms with Gasteiger partial charge in [0.2, 0.25) is 0 Å². The maximum Gasteiger partial charge on any atom is 0.355 e. The number of aliphatic carboxylic acids is 1. The number of hydrogen-bond acceptors (Lipinski definition) is 5. The van der Waals surface area contributed by atoms with Gasteiger partial charge in [0, 0.05) is 17.0 Å². The average molecular weight is 686 g/mol. The molecule has 5 aliphatic carbocycles. The first-order valence-corrected chi connectivity index (χ1v) is 19.0. The molecule has 7 heteroatoms. The molecule has 0 aliphatic heterocycles. The summed E-state index contributed by atoms with van der Waals surface area (Å²) in [5, 5.41) is 19.4. The van der Waals surface area contributed by atoms with Crippen molar-refractivity contribution in [1.82, 2.24) is 4.98 Å². The van der Waals surface area contributed by atoms with Crippen molar-refractivity contribution in [1.29, 1.82) is 0 Å². The Hall–Kier alpha value is -3.14. The molecule has 4 unspecified atom stereocenters. The van der Waals surface area contributed by atoms with Crippen LogP contribution < -0.4 is 0 Å². The van der Waals surface area contributed by atoms with E-state index in [-0.39, 0.29) is 45.3 Å². The predicted octanol–water partition coefficient (Wildman–Crippen LogP) is 9.20. The van der Waals surface area contributed by atoms with Crippen molar-refractivity contribution in [3.05, 3.63) is 41.7 Å². The van der Waals surface area contributed by atoms with Crippen molar-refractivity contribution < 1.29 is 29.3 Å². The van der Waals surface area contributed by atoms with E-state index in [2.05, 4.69) is 64.9 Å². The SMILES string of the molecule is C=C(C)[C@@H]1CC[C@]2(C#Cc3cccnc3C(=O)O)CC[C@]3(C)C(CCC4[C@@]5(C)CC[C@H](OC(=O)CC(C)(C)C(=O)O)C(C)(C)C5CC[C@]43C)C12. The summed E-state index contributed by atoms with van der Waals surface area (Å²) in [7, 11) is 0. The Morgan fingerprint density at radius 3 is 2.32 bits per heavy atom. The van der Waals surface area contributed by atoms with Crippen LogP contribution >= 0.6 is 0 Å². The van der Waals surface area contributed by atoms with Crippen molar-refractivity contribution in [2.75, 3.05) is 0 Å². The first-order chi connectivity index (χ1) is 23.2. The number of hydrogen-bond donors (Lipinski definition) is 2. The molecule has 5 fully saturated rings. The summed E-state index contributed by atoms with van der Waals surface area (Å²) in [6, 6.07) is 3.56. The van der Waals surface area contributed by atoms with Crippen LogP contribution in [-0.2, 0) is 14.3 Å². The molecule has 50 heavy (non-hydrogen) atoms. The molecule has 10 atom stereocenters. The summed E-state index contributed by atoms with van der Waals surface area (Å²) in [5.41, 5.74) is 0.624. The summed E-state index contributed by atoms with van der Waals surface area (Å²) in [5.74, 6) is 6.94. The van der Waals surface area contributed by atoms with Crippen molar-refractivity contribution in [2.45, 2.75) is 132 Å². The number of carboxylic acid groups (broad SMARTS) is 2. The van der Waals surface area contributed by atoms with E-state index in [4.69, 9.17) is 4.74 Å². The molecule has 0 aromatic carbocycles. The highest BCUT2D eigenvalue weighted by molar-refractivity contribution is 5.88. The number of allylic oxidation sites excluding steroid dienone is 1. The van der Waals surface area contributed by atoms with Crippen LogP contribution in [0.15, 0.2) is 30.5 Å². The van der Waals surface area contributed by atoms with Gasteiger partial charge in [-0.2, -0.15) is 0 Å². The number of pyridine rings is 1. The molecule has 0 radical (unpaired) electrons. The van der Waals surface area contributed by atoms with Crippen molar-refractivity contribution in [2.24, 2.45) is 62.1 Å². The smallest absolute Gasteiger partial charge is 0.355 e. The maximum atomic E-state index is 13.1. The van der Waals surface area contributed by atoms with E-state index in [9.17, 15) is 24.6 Å². The third kappa shape index (κ3) is 5.45. The van der Waals surface area contributed by atoms with E-state index in [1.54, 1.807) is 26.0 Å². The summed E-state index contributed by atoms with van der Waals surface area (Å²) >= 11 is 0. The molecule has 7 nitrogen and oxygen atoms in total. The molecule has 2 N–H and O–H groups in total. The van der Waals surface area contributed by atoms with Crippen molar-refractivity contribution in [3.63, 3.8) is 0 Å². The van der Waals surface area contributed by atoms with Gasteiger partial charge < -0.3 is 14.9 Å². The van der Waals surface area contributed by atoms with Crippen LogP contribution in [0.1, 0.15) is 142 Å². The Morgan fingerprint density at radius 1 is 0.940 bits per heavy atom. The van der Waals surface area contributed by atoms with Gasteiger partial charge in [0.1, 0.15) is 6.10 Å². The fraction of sp³-hybridized carbons (Fsp3) is 0.721. The summed E-state index contributed by atoms with van der Waals surface area (Å²) in [4.78, 5) is 40.9. The second-order valence-electron chi connectivity index (χ2n) is 19.0. The van der Waals surface area contributed by atoms with E-state index in [1.807, 2.05) is 0 Å². The van der Waals surface area contributed by atoms with Crippen LogP contribution in [0.3, 0.4) is 0 Å². The normalized spacial score (nSPS) is 40.1. The number of carbonyl (C=O) groups excluding carboxylic acids is 1. The van der Waals surface area contributed by atoms with Crippen molar-refractivity contribution >= 4 is 17.9 Å². The number of ether oxygens (including phenoxy) is 1. The summed E-state index contributed by atoms with van der Waals surface area (Å²) < 4.78 is 6.16. The predicted molar refractivity (Wildman–Crippen MR) is 193 cm³/mol. The van der Waals surface area contributed by atoms with Gasteiger partial charge in [-0.15, -0.1) is 0 Å². The molecule has 0 saturated heterocycles. The van der Waals surface area contributed by atoms with Gasteiger partial charge in [-0.3, -0.25) is 9.59 Å². The minimum atomic E-state index is -1.16. The molecular formula is C43H59NO6. The molecule has 0 amide bonds. The Kier molecular flexibility index (Phi) is 8.96. The second-order valence-corrected chi connectivity index (χ2v) is 19.0. The van der Waals surface area contributed by atoms with Gasteiger partial charge in [0.15, 0.2) is 5.69 Å². The topological polar surface area (TPSA) is 114 Å². The molecular weight excluding hydrogens is 626 g/mol. The lowest BCUT2D eigenvalue weighted by Crippen LogP contribution is -2.66. The standard InChI is InChI=1S/C43H59NO6/c1-26(2)28-15-21-43(20-14-27-11-10-24-44-35(27)36(46)47)23-22-41(8)29(34(28)43)12-13-31-40(7)18-17-32(50-33(45)25-38(3,4)37(48)49)39(5,6)30(40)16-19-42(31,41)9/h10-11,24,28-32,34H,1,12-13,15-19,21-23,25H2,2-9H3,(H,46,47)(H,48,49)/t28-,29?,30?,31?,32-,34?,40-,41+,42+,43+/m0/s1. The van der Waals surface area contributed by atoms with E-state index in [1.165, 1.54) is 18.2 Å².